The normalized spacial score (nSPS) is 29.1. The smallest absolute Gasteiger partial charge is 0.303 e. The van der Waals surface area contributed by atoms with Gasteiger partial charge in [0.05, 0.1) is 7.85 Å². The maximum Gasteiger partial charge on any atom is 0.303 e. The highest BCUT2D eigenvalue weighted by Crippen LogP contribution is 2.38. The molecule has 3 heteroatoms. The first-order valence-corrected chi connectivity index (χ1v) is 9.11. The first-order valence-electron chi connectivity index (χ1n) is 9.11. The predicted octanol–water partition coefficient (Wildman–Crippen LogP) is 4.83. The van der Waals surface area contributed by atoms with Crippen molar-refractivity contribution in [3.05, 3.63) is 0 Å². The third-order valence-corrected chi connectivity index (χ3v) is 6.00. The lowest BCUT2D eigenvalue weighted by Crippen LogP contribution is -2.22. The highest BCUT2D eigenvalue weighted by molar-refractivity contribution is 6.08. The van der Waals surface area contributed by atoms with Crippen LogP contribution in [0.15, 0.2) is 0 Å². The lowest BCUT2D eigenvalue weighted by molar-refractivity contribution is -0.138. The maximum atomic E-state index is 11.2. The summed E-state index contributed by atoms with van der Waals surface area (Å²) >= 11 is 0. The van der Waals surface area contributed by atoms with Gasteiger partial charge in [-0.2, -0.15) is 0 Å². The topological polar surface area (TPSA) is 37.3 Å². The van der Waals surface area contributed by atoms with Gasteiger partial charge in [0.2, 0.25) is 0 Å². The Hall–Kier alpha value is -0.465. The predicted molar refractivity (Wildman–Crippen MR) is 87.6 cm³/mol. The number of aliphatic carboxylic acids is 1. The quantitative estimate of drug-likeness (QED) is 0.682. The van der Waals surface area contributed by atoms with Crippen molar-refractivity contribution in [1.82, 2.24) is 0 Å². The Morgan fingerprint density at radius 3 is 2.19 bits per heavy atom. The Balaban J connectivity index is 1.77. The number of rotatable bonds is 7. The molecule has 0 aromatic heterocycles. The van der Waals surface area contributed by atoms with Gasteiger partial charge in [-0.3, -0.25) is 4.79 Å². The van der Waals surface area contributed by atoms with Crippen molar-refractivity contribution < 1.29 is 9.90 Å². The van der Waals surface area contributed by atoms with E-state index in [4.69, 9.17) is 7.85 Å². The van der Waals surface area contributed by atoms with Crippen LogP contribution in [0.2, 0.25) is 6.32 Å². The van der Waals surface area contributed by atoms with Gasteiger partial charge in [-0.15, -0.1) is 0 Å². The minimum atomic E-state index is -0.600. The summed E-state index contributed by atoms with van der Waals surface area (Å²) in [7, 11) is 5.76. The van der Waals surface area contributed by atoms with Crippen LogP contribution in [-0.4, -0.2) is 18.9 Å². The Bertz CT molecular complexity index is 304. The minimum Gasteiger partial charge on any atom is -0.481 e. The zero-order valence-corrected chi connectivity index (χ0v) is 13.4. The van der Waals surface area contributed by atoms with E-state index < -0.39 is 5.97 Å². The molecule has 0 aliphatic heterocycles. The fourth-order valence-electron chi connectivity index (χ4n) is 4.54. The van der Waals surface area contributed by atoms with Crippen molar-refractivity contribution >= 4 is 13.8 Å². The first-order chi connectivity index (χ1) is 10.2. The summed E-state index contributed by atoms with van der Waals surface area (Å²) in [4.78, 5) is 11.2. The molecule has 21 heavy (non-hydrogen) atoms. The molecule has 2 radical (unpaired) electrons. The molecule has 2 rings (SSSR count). The molecule has 118 valence electrons. The van der Waals surface area contributed by atoms with Gasteiger partial charge in [-0.25, -0.2) is 0 Å². The molecule has 0 aromatic carbocycles. The summed E-state index contributed by atoms with van der Waals surface area (Å²) < 4.78 is 0. The molecule has 2 nitrogen and oxygen atoms in total. The van der Waals surface area contributed by atoms with Gasteiger partial charge in [0.1, 0.15) is 0 Å². The lowest BCUT2D eigenvalue weighted by Gasteiger charge is -2.32. The van der Waals surface area contributed by atoms with Crippen LogP contribution < -0.4 is 0 Å². The van der Waals surface area contributed by atoms with Gasteiger partial charge in [-0.05, 0) is 30.1 Å². The summed E-state index contributed by atoms with van der Waals surface area (Å²) in [6.07, 6.45) is 15.3. The van der Waals surface area contributed by atoms with Gasteiger partial charge >= 0.3 is 5.97 Å². The van der Waals surface area contributed by atoms with E-state index in [-0.39, 0.29) is 0 Å². The fourth-order valence-corrected chi connectivity index (χ4v) is 4.54. The Morgan fingerprint density at radius 1 is 1.00 bits per heavy atom. The number of carboxylic acids is 1. The van der Waals surface area contributed by atoms with Crippen LogP contribution in [0, 0.1) is 23.7 Å². The fraction of sp³-hybridized carbons (Fsp3) is 0.944. The molecule has 0 bridgehead atoms. The Kier molecular flexibility index (Phi) is 7.12. The lowest BCUT2D eigenvalue weighted by atomic mass is 9.72. The number of hydrogen-bond acceptors (Lipinski definition) is 1. The second-order valence-electron chi connectivity index (χ2n) is 7.46. The van der Waals surface area contributed by atoms with Crippen LogP contribution in [-0.2, 0) is 4.79 Å². The SMILES string of the molecule is [B]CC1CCC(CCC(CC(=O)O)C2CCCCC2)CC1. The minimum absolute atomic E-state index is 0.392. The van der Waals surface area contributed by atoms with Crippen LogP contribution in [0.4, 0.5) is 0 Å². The maximum absolute atomic E-state index is 11.2. The van der Waals surface area contributed by atoms with E-state index >= 15 is 0 Å². The van der Waals surface area contributed by atoms with Crippen LogP contribution in [0.25, 0.3) is 0 Å². The molecular formula is C18H31BO2. The molecule has 1 atom stereocenters. The van der Waals surface area contributed by atoms with Crippen LogP contribution in [0.5, 0.6) is 0 Å². The van der Waals surface area contributed by atoms with Crippen molar-refractivity contribution in [3.8, 4) is 0 Å². The largest absolute Gasteiger partial charge is 0.481 e. The molecule has 0 amide bonds. The Labute approximate surface area is 131 Å². The molecule has 0 heterocycles. The van der Waals surface area contributed by atoms with E-state index in [2.05, 4.69) is 0 Å². The number of carbonyl (C=O) groups is 1. The molecule has 0 saturated heterocycles. The standard InChI is InChI=1S/C18H31BO2/c19-13-15-8-6-14(7-9-15)10-11-17(12-18(20)21)16-4-2-1-3-5-16/h14-17H,1-13H2,(H,20,21). The summed E-state index contributed by atoms with van der Waals surface area (Å²) in [6, 6.07) is 0. The molecule has 2 aliphatic rings. The van der Waals surface area contributed by atoms with Crippen molar-refractivity contribution in [2.45, 2.75) is 83.4 Å². The Morgan fingerprint density at radius 2 is 1.62 bits per heavy atom. The van der Waals surface area contributed by atoms with E-state index in [1.54, 1.807) is 0 Å². The van der Waals surface area contributed by atoms with Crippen LogP contribution in [0.3, 0.4) is 0 Å². The molecular weight excluding hydrogens is 259 g/mol. The summed E-state index contributed by atoms with van der Waals surface area (Å²) in [5, 5.41) is 9.20. The molecule has 0 aromatic rings. The van der Waals surface area contributed by atoms with E-state index in [0.29, 0.717) is 18.3 Å². The number of carboxylic acid groups (broad SMARTS) is 1. The van der Waals surface area contributed by atoms with Crippen molar-refractivity contribution in [1.29, 1.82) is 0 Å². The summed E-state index contributed by atoms with van der Waals surface area (Å²) in [5.41, 5.74) is 0. The van der Waals surface area contributed by atoms with Crippen molar-refractivity contribution in [3.63, 3.8) is 0 Å². The van der Waals surface area contributed by atoms with Crippen molar-refractivity contribution in [2.24, 2.45) is 23.7 Å². The molecule has 2 aliphatic carbocycles. The third kappa shape index (κ3) is 5.67. The monoisotopic (exact) mass is 290 g/mol. The molecule has 1 unspecified atom stereocenters. The van der Waals surface area contributed by atoms with E-state index in [1.165, 1.54) is 64.2 Å². The van der Waals surface area contributed by atoms with Crippen LogP contribution in [0.1, 0.15) is 77.0 Å². The highest BCUT2D eigenvalue weighted by Gasteiger charge is 2.27. The van der Waals surface area contributed by atoms with Gasteiger partial charge in [0, 0.05) is 6.42 Å². The average molecular weight is 290 g/mol. The molecule has 2 saturated carbocycles. The van der Waals surface area contributed by atoms with Crippen LogP contribution >= 0.6 is 0 Å². The second-order valence-corrected chi connectivity index (χ2v) is 7.46. The van der Waals surface area contributed by atoms with Gasteiger partial charge in [0.25, 0.3) is 0 Å². The first kappa shape index (κ1) is 16.9. The highest BCUT2D eigenvalue weighted by atomic mass is 16.4. The zero-order chi connectivity index (χ0) is 15.1. The molecule has 2 fully saturated rings. The van der Waals surface area contributed by atoms with Gasteiger partial charge in [-0.1, -0.05) is 70.5 Å². The zero-order valence-electron chi connectivity index (χ0n) is 13.4. The van der Waals surface area contributed by atoms with Gasteiger partial charge < -0.3 is 5.11 Å². The summed E-state index contributed by atoms with van der Waals surface area (Å²) in [6.45, 7) is 0. The van der Waals surface area contributed by atoms with Gasteiger partial charge in [0.15, 0.2) is 0 Å². The molecule has 0 spiro atoms. The van der Waals surface area contributed by atoms with E-state index in [0.717, 1.165) is 24.6 Å². The second kappa shape index (κ2) is 8.85. The van der Waals surface area contributed by atoms with E-state index in [9.17, 15) is 9.90 Å². The van der Waals surface area contributed by atoms with Crippen molar-refractivity contribution in [2.75, 3.05) is 0 Å². The average Bonchev–Trinajstić information content (AvgIpc) is 2.52. The number of hydrogen-bond donors (Lipinski definition) is 1. The van der Waals surface area contributed by atoms with E-state index in [1.807, 2.05) is 0 Å². The summed E-state index contributed by atoms with van der Waals surface area (Å²) in [5.74, 6) is 2.07. The third-order valence-electron chi connectivity index (χ3n) is 6.00. The molecule has 1 N–H and O–H groups in total.